The van der Waals surface area contributed by atoms with Crippen LogP contribution >= 0.6 is 31.9 Å². The number of nitrogens with zero attached hydrogens (tertiary/aromatic N) is 1. The van der Waals surface area contributed by atoms with E-state index in [1.807, 2.05) is 23.1 Å². The Morgan fingerprint density at radius 3 is 1.84 bits per heavy atom. The van der Waals surface area contributed by atoms with Gasteiger partial charge in [0.25, 0.3) is 5.91 Å². The van der Waals surface area contributed by atoms with Gasteiger partial charge < -0.3 is 4.90 Å². The van der Waals surface area contributed by atoms with Crippen LogP contribution in [0.3, 0.4) is 0 Å². The molecule has 19 heavy (non-hydrogen) atoms. The van der Waals surface area contributed by atoms with E-state index in [0.29, 0.717) is 0 Å². The summed E-state index contributed by atoms with van der Waals surface area (Å²) in [6.07, 6.45) is 1.93. The molecule has 2 atom stereocenters. The normalized spacial score (nSPS) is 14.0. The van der Waals surface area contributed by atoms with Crippen LogP contribution in [0.5, 0.6) is 0 Å². The van der Waals surface area contributed by atoms with Crippen LogP contribution in [0.15, 0.2) is 27.1 Å². The fourth-order valence-electron chi connectivity index (χ4n) is 2.05. The third kappa shape index (κ3) is 4.32. The molecule has 0 heterocycles. The van der Waals surface area contributed by atoms with Crippen LogP contribution in [0.25, 0.3) is 0 Å². The Labute approximate surface area is 132 Å². The molecule has 0 saturated carbocycles. The van der Waals surface area contributed by atoms with Crippen LogP contribution in [0.1, 0.15) is 50.9 Å². The van der Waals surface area contributed by atoms with Crippen LogP contribution in [-0.4, -0.2) is 22.9 Å². The number of hydrogen-bond donors (Lipinski definition) is 0. The zero-order valence-electron chi connectivity index (χ0n) is 11.9. The predicted molar refractivity (Wildman–Crippen MR) is 87.5 cm³/mol. The molecule has 0 aliphatic rings. The fourth-order valence-corrected chi connectivity index (χ4v) is 3.35. The number of rotatable bonds is 5. The van der Waals surface area contributed by atoms with Crippen molar-refractivity contribution in [2.45, 2.75) is 52.6 Å². The minimum atomic E-state index is 0.103. The van der Waals surface area contributed by atoms with Crippen LogP contribution in [-0.2, 0) is 0 Å². The van der Waals surface area contributed by atoms with E-state index in [1.165, 1.54) is 0 Å². The maximum absolute atomic E-state index is 12.7. The molecule has 0 N–H and O–H groups in total. The molecule has 1 amide bonds. The Bertz CT molecular complexity index is 418. The third-order valence-corrected chi connectivity index (χ3v) is 4.39. The molecule has 0 radical (unpaired) electrons. The highest BCUT2D eigenvalue weighted by Crippen LogP contribution is 2.23. The molecule has 2 unspecified atom stereocenters. The molecule has 0 fully saturated rings. The van der Waals surface area contributed by atoms with Crippen molar-refractivity contribution in [2.75, 3.05) is 0 Å². The van der Waals surface area contributed by atoms with E-state index in [0.717, 1.165) is 27.4 Å². The van der Waals surface area contributed by atoms with Gasteiger partial charge in [0.05, 0.1) is 0 Å². The molecule has 106 valence electrons. The summed E-state index contributed by atoms with van der Waals surface area (Å²) in [6, 6.07) is 6.20. The largest absolute Gasteiger partial charge is 0.333 e. The first-order valence-electron chi connectivity index (χ1n) is 6.69. The summed E-state index contributed by atoms with van der Waals surface area (Å²) in [7, 11) is 0. The third-order valence-electron chi connectivity index (χ3n) is 3.48. The SMILES string of the molecule is CCC(C)N(C(=O)c1cc(Br)cc(Br)c1)C(C)CC. The molecular formula is C15H21Br2NO. The minimum Gasteiger partial charge on any atom is -0.333 e. The highest BCUT2D eigenvalue weighted by molar-refractivity contribution is 9.11. The lowest BCUT2D eigenvalue weighted by Crippen LogP contribution is -2.44. The standard InChI is InChI=1S/C15H21Br2NO/c1-5-10(3)18(11(4)6-2)15(19)12-7-13(16)9-14(17)8-12/h7-11H,5-6H2,1-4H3. The molecule has 0 bridgehead atoms. The number of hydrogen-bond acceptors (Lipinski definition) is 1. The van der Waals surface area contributed by atoms with Gasteiger partial charge in [0, 0.05) is 26.6 Å². The van der Waals surface area contributed by atoms with Gasteiger partial charge in [0.1, 0.15) is 0 Å². The Kier molecular flexibility index (Phi) is 6.54. The fraction of sp³-hybridized carbons (Fsp3) is 0.533. The summed E-state index contributed by atoms with van der Waals surface area (Å²) in [5.74, 6) is 0.103. The van der Waals surface area contributed by atoms with Crippen molar-refractivity contribution in [3.8, 4) is 0 Å². The zero-order valence-corrected chi connectivity index (χ0v) is 15.1. The van der Waals surface area contributed by atoms with Crippen LogP contribution < -0.4 is 0 Å². The van der Waals surface area contributed by atoms with Crippen molar-refractivity contribution < 1.29 is 4.79 Å². The Hall–Kier alpha value is -0.350. The average molecular weight is 391 g/mol. The molecule has 2 nitrogen and oxygen atoms in total. The summed E-state index contributed by atoms with van der Waals surface area (Å²) in [5.41, 5.74) is 0.724. The van der Waals surface area contributed by atoms with Crippen LogP contribution in [0.4, 0.5) is 0 Å². The Morgan fingerprint density at radius 2 is 1.47 bits per heavy atom. The van der Waals surface area contributed by atoms with Crippen molar-refractivity contribution in [1.82, 2.24) is 4.90 Å². The van der Waals surface area contributed by atoms with E-state index in [1.54, 1.807) is 0 Å². The zero-order chi connectivity index (χ0) is 14.6. The molecule has 0 aromatic heterocycles. The maximum atomic E-state index is 12.7. The lowest BCUT2D eigenvalue weighted by Gasteiger charge is -2.34. The van der Waals surface area contributed by atoms with Gasteiger partial charge in [0.2, 0.25) is 0 Å². The molecule has 0 saturated heterocycles. The number of benzene rings is 1. The Balaban J connectivity index is 3.11. The van der Waals surface area contributed by atoms with Crippen molar-refractivity contribution in [3.63, 3.8) is 0 Å². The van der Waals surface area contributed by atoms with Gasteiger partial charge in [-0.25, -0.2) is 0 Å². The van der Waals surface area contributed by atoms with Gasteiger partial charge in [-0.15, -0.1) is 0 Å². The lowest BCUT2D eigenvalue weighted by atomic mass is 10.1. The summed E-state index contributed by atoms with van der Waals surface area (Å²) < 4.78 is 1.83. The van der Waals surface area contributed by atoms with Gasteiger partial charge in [-0.05, 0) is 44.9 Å². The number of carbonyl (C=O) groups is 1. The van der Waals surface area contributed by atoms with E-state index >= 15 is 0 Å². The lowest BCUT2D eigenvalue weighted by molar-refractivity contribution is 0.0598. The van der Waals surface area contributed by atoms with Gasteiger partial charge in [-0.3, -0.25) is 4.79 Å². The second kappa shape index (κ2) is 7.44. The summed E-state index contributed by atoms with van der Waals surface area (Å²) in [6.45, 7) is 8.45. The molecule has 1 aromatic carbocycles. The maximum Gasteiger partial charge on any atom is 0.254 e. The highest BCUT2D eigenvalue weighted by atomic mass is 79.9. The predicted octanol–water partition coefficient (Wildman–Crippen LogP) is 5.25. The van der Waals surface area contributed by atoms with Crippen molar-refractivity contribution in [3.05, 3.63) is 32.7 Å². The molecular weight excluding hydrogens is 370 g/mol. The highest BCUT2D eigenvalue weighted by Gasteiger charge is 2.24. The minimum absolute atomic E-state index is 0.103. The number of carbonyl (C=O) groups excluding carboxylic acids is 1. The smallest absolute Gasteiger partial charge is 0.254 e. The van der Waals surface area contributed by atoms with Gasteiger partial charge >= 0.3 is 0 Å². The summed E-state index contributed by atoms with van der Waals surface area (Å²) >= 11 is 6.88. The second-order valence-corrected chi connectivity index (χ2v) is 6.72. The van der Waals surface area contributed by atoms with Crippen LogP contribution in [0, 0.1) is 0 Å². The molecule has 1 aromatic rings. The molecule has 0 aliphatic heterocycles. The molecule has 0 spiro atoms. The first-order chi connectivity index (χ1) is 8.90. The number of amides is 1. The van der Waals surface area contributed by atoms with E-state index in [-0.39, 0.29) is 18.0 Å². The Morgan fingerprint density at radius 1 is 1.05 bits per heavy atom. The van der Waals surface area contributed by atoms with Crippen molar-refractivity contribution in [2.24, 2.45) is 0 Å². The van der Waals surface area contributed by atoms with E-state index < -0.39 is 0 Å². The summed E-state index contributed by atoms with van der Waals surface area (Å²) in [5, 5.41) is 0. The quantitative estimate of drug-likeness (QED) is 0.672. The van der Waals surface area contributed by atoms with Crippen LogP contribution in [0.2, 0.25) is 0 Å². The second-order valence-electron chi connectivity index (χ2n) is 4.89. The number of halogens is 2. The monoisotopic (exact) mass is 389 g/mol. The van der Waals surface area contributed by atoms with E-state index in [4.69, 9.17) is 0 Å². The first-order valence-corrected chi connectivity index (χ1v) is 8.28. The van der Waals surface area contributed by atoms with Gasteiger partial charge in [0.15, 0.2) is 0 Å². The first kappa shape index (κ1) is 16.7. The molecule has 4 heteroatoms. The van der Waals surface area contributed by atoms with Crippen molar-refractivity contribution >= 4 is 37.8 Å². The molecule has 1 rings (SSSR count). The van der Waals surface area contributed by atoms with Gasteiger partial charge in [-0.2, -0.15) is 0 Å². The topological polar surface area (TPSA) is 20.3 Å². The van der Waals surface area contributed by atoms with Crippen molar-refractivity contribution in [1.29, 1.82) is 0 Å². The van der Waals surface area contributed by atoms with E-state index in [2.05, 4.69) is 59.6 Å². The average Bonchev–Trinajstić information content (AvgIpc) is 2.37. The molecule has 0 aliphatic carbocycles. The van der Waals surface area contributed by atoms with Gasteiger partial charge in [-0.1, -0.05) is 45.7 Å². The van der Waals surface area contributed by atoms with E-state index in [9.17, 15) is 4.79 Å². The summed E-state index contributed by atoms with van der Waals surface area (Å²) in [4.78, 5) is 14.7.